The normalized spacial score (nSPS) is 10.6. The molecule has 0 fully saturated rings. The highest BCUT2D eigenvalue weighted by atomic mass is 16.6. The lowest BCUT2D eigenvalue weighted by Crippen LogP contribution is -2.24. The average molecular weight is 204 g/mol. The highest BCUT2D eigenvalue weighted by Crippen LogP contribution is 1.92. The molecule has 2 N–H and O–H groups in total. The maximum atomic E-state index is 10.9. The van der Waals surface area contributed by atoms with Gasteiger partial charge in [-0.05, 0) is 0 Å². The van der Waals surface area contributed by atoms with Crippen LogP contribution >= 0.6 is 0 Å². The second kappa shape index (κ2) is 7.05. The van der Waals surface area contributed by atoms with Gasteiger partial charge in [-0.1, -0.05) is 0 Å². The molecule has 0 atom stereocenters. The molecule has 14 heavy (non-hydrogen) atoms. The van der Waals surface area contributed by atoms with Gasteiger partial charge in [0, 0.05) is 12.2 Å². The molecular formula is C8H12O6. The predicted octanol–water partition coefficient (Wildman–Crippen LogP) is -1.39. The zero-order chi connectivity index (χ0) is 11.0. The standard InChI is InChI=1S/C8H12O6/c1-13-7(11)2-3-8(12)14-6(4-9)5-10/h2-3,6,9-10H,4-5H2,1H3/b3-2+. The van der Waals surface area contributed by atoms with Crippen LogP contribution in [0.1, 0.15) is 0 Å². The van der Waals surface area contributed by atoms with Crippen LogP contribution < -0.4 is 0 Å². The smallest absolute Gasteiger partial charge is 0.331 e. The molecule has 0 radical (unpaired) electrons. The van der Waals surface area contributed by atoms with Crippen molar-refractivity contribution in [3.05, 3.63) is 12.2 Å². The number of carbonyl (C=O) groups excluding carboxylic acids is 2. The first-order valence-corrected chi connectivity index (χ1v) is 3.82. The molecule has 0 heterocycles. The number of hydrogen-bond acceptors (Lipinski definition) is 6. The monoisotopic (exact) mass is 204 g/mol. The highest BCUT2D eigenvalue weighted by molar-refractivity contribution is 5.91. The van der Waals surface area contributed by atoms with Gasteiger partial charge in [-0.25, -0.2) is 9.59 Å². The number of ether oxygens (including phenoxy) is 2. The van der Waals surface area contributed by atoms with Gasteiger partial charge in [-0.3, -0.25) is 0 Å². The number of aliphatic hydroxyl groups excluding tert-OH is 2. The van der Waals surface area contributed by atoms with Crippen molar-refractivity contribution in [2.24, 2.45) is 0 Å². The number of esters is 2. The van der Waals surface area contributed by atoms with E-state index < -0.39 is 31.3 Å². The third kappa shape index (κ3) is 5.28. The molecule has 0 aromatic rings. The van der Waals surface area contributed by atoms with Gasteiger partial charge >= 0.3 is 11.9 Å². The van der Waals surface area contributed by atoms with Crippen molar-refractivity contribution in [2.75, 3.05) is 20.3 Å². The molecule has 0 unspecified atom stereocenters. The van der Waals surface area contributed by atoms with Crippen LogP contribution in [0, 0.1) is 0 Å². The van der Waals surface area contributed by atoms with Crippen molar-refractivity contribution in [2.45, 2.75) is 6.10 Å². The summed E-state index contributed by atoms with van der Waals surface area (Å²) in [5, 5.41) is 17.1. The van der Waals surface area contributed by atoms with Gasteiger partial charge in [0.2, 0.25) is 0 Å². The second-order valence-corrected chi connectivity index (χ2v) is 2.28. The van der Waals surface area contributed by atoms with Crippen LogP contribution in [-0.2, 0) is 19.1 Å². The van der Waals surface area contributed by atoms with Crippen molar-refractivity contribution >= 4 is 11.9 Å². The van der Waals surface area contributed by atoms with E-state index in [0.29, 0.717) is 0 Å². The van der Waals surface area contributed by atoms with Gasteiger partial charge in [0.25, 0.3) is 0 Å². The van der Waals surface area contributed by atoms with Crippen molar-refractivity contribution < 1.29 is 29.3 Å². The minimum absolute atomic E-state index is 0.478. The van der Waals surface area contributed by atoms with Gasteiger partial charge in [0.1, 0.15) is 6.10 Å². The van der Waals surface area contributed by atoms with E-state index in [1.807, 2.05) is 0 Å². The summed E-state index contributed by atoms with van der Waals surface area (Å²) in [4.78, 5) is 21.4. The fourth-order valence-electron chi connectivity index (χ4n) is 0.540. The Morgan fingerprint density at radius 3 is 2.14 bits per heavy atom. The molecule has 6 nitrogen and oxygen atoms in total. The molecule has 0 bridgehead atoms. The Labute approximate surface area is 80.7 Å². The number of carbonyl (C=O) groups is 2. The fraction of sp³-hybridized carbons (Fsp3) is 0.500. The van der Waals surface area contributed by atoms with E-state index in [4.69, 9.17) is 10.2 Å². The largest absolute Gasteiger partial charge is 0.466 e. The lowest BCUT2D eigenvalue weighted by molar-refractivity contribution is -0.147. The molecule has 0 saturated heterocycles. The number of rotatable bonds is 5. The first-order chi connectivity index (χ1) is 6.63. The first kappa shape index (κ1) is 12.6. The van der Waals surface area contributed by atoms with E-state index in [-0.39, 0.29) is 0 Å². The zero-order valence-corrected chi connectivity index (χ0v) is 7.67. The Bertz CT molecular complexity index is 218. The van der Waals surface area contributed by atoms with Crippen LogP contribution in [-0.4, -0.2) is 48.6 Å². The summed E-state index contributed by atoms with van der Waals surface area (Å²) in [7, 11) is 1.17. The van der Waals surface area contributed by atoms with E-state index in [0.717, 1.165) is 12.2 Å². The van der Waals surface area contributed by atoms with E-state index in [9.17, 15) is 9.59 Å². The molecule has 0 aromatic carbocycles. The molecule has 80 valence electrons. The number of aliphatic hydroxyl groups is 2. The van der Waals surface area contributed by atoms with Gasteiger partial charge in [-0.15, -0.1) is 0 Å². The molecule has 0 aliphatic heterocycles. The molecule has 0 aromatic heterocycles. The molecular weight excluding hydrogens is 192 g/mol. The predicted molar refractivity (Wildman–Crippen MR) is 45.2 cm³/mol. The number of methoxy groups -OCH3 is 1. The summed E-state index contributed by atoms with van der Waals surface area (Å²) in [6.07, 6.45) is 0.767. The van der Waals surface area contributed by atoms with E-state index in [1.165, 1.54) is 7.11 Å². The Morgan fingerprint density at radius 1 is 1.21 bits per heavy atom. The maximum absolute atomic E-state index is 10.9. The van der Waals surface area contributed by atoms with Crippen molar-refractivity contribution in [3.8, 4) is 0 Å². The van der Waals surface area contributed by atoms with Gasteiger partial charge in [0.05, 0.1) is 20.3 Å². The lowest BCUT2D eigenvalue weighted by atomic mass is 10.4. The van der Waals surface area contributed by atoms with Crippen LogP contribution in [0.25, 0.3) is 0 Å². The highest BCUT2D eigenvalue weighted by Gasteiger charge is 2.09. The fourth-order valence-corrected chi connectivity index (χ4v) is 0.540. The second-order valence-electron chi connectivity index (χ2n) is 2.28. The Kier molecular flexibility index (Phi) is 6.34. The van der Waals surface area contributed by atoms with Crippen LogP contribution in [0.2, 0.25) is 0 Å². The van der Waals surface area contributed by atoms with Crippen LogP contribution in [0.3, 0.4) is 0 Å². The molecule has 6 heteroatoms. The summed E-state index contributed by atoms with van der Waals surface area (Å²) in [5.41, 5.74) is 0. The molecule has 0 amide bonds. The quantitative estimate of drug-likeness (QED) is 0.423. The van der Waals surface area contributed by atoms with E-state index >= 15 is 0 Å². The SMILES string of the molecule is COC(=O)/C=C/C(=O)OC(CO)CO. The third-order valence-electron chi connectivity index (χ3n) is 1.25. The van der Waals surface area contributed by atoms with E-state index in [1.54, 1.807) is 0 Å². The average Bonchev–Trinajstić information content (AvgIpc) is 2.22. The Hall–Kier alpha value is -1.40. The zero-order valence-electron chi connectivity index (χ0n) is 7.67. The molecule has 0 aliphatic carbocycles. The van der Waals surface area contributed by atoms with Crippen molar-refractivity contribution in [1.29, 1.82) is 0 Å². The van der Waals surface area contributed by atoms with Gasteiger partial charge in [-0.2, -0.15) is 0 Å². The molecule has 0 saturated carbocycles. The van der Waals surface area contributed by atoms with E-state index in [2.05, 4.69) is 9.47 Å². The molecule has 0 aliphatic rings. The minimum Gasteiger partial charge on any atom is -0.466 e. The van der Waals surface area contributed by atoms with Gasteiger partial charge in [0.15, 0.2) is 0 Å². The summed E-state index contributed by atoms with van der Waals surface area (Å²) in [6.45, 7) is -0.956. The van der Waals surface area contributed by atoms with Crippen LogP contribution in [0.15, 0.2) is 12.2 Å². The Morgan fingerprint density at radius 2 is 1.71 bits per heavy atom. The van der Waals surface area contributed by atoms with Crippen molar-refractivity contribution in [3.63, 3.8) is 0 Å². The summed E-state index contributed by atoms with van der Waals surface area (Å²) in [5.74, 6) is -1.52. The summed E-state index contributed by atoms with van der Waals surface area (Å²) >= 11 is 0. The molecule has 0 rings (SSSR count). The summed E-state index contributed by atoms with van der Waals surface area (Å²) in [6, 6.07) is 0. The minimum atomic E-state index is -0.968. The van der Waals surface area contributed by atoms with Crippen LogP contribution in [0.4, 0.5) is 0 Å². The number of hydrogen-bond donors (Lipinski definition) is 2. The van der Waals surface area contributed by atoms with Gasteiger partial charge < -0.3 is 19.7 Å². The summed E-state index contributed by atoms with van der Waals surface area (Å²) < 4.78 is 8.74. The molecule has 0 spiro atoms. The topological polar surface area (TPSA) is 93.1 Å². The Balaban J connectivity index is 3.97. The van der Waals surface area contributed by atoms with Crippen LogP contribution in [0.5, 0.6) is 0 Å². The third-order valence-corrected chi connectivity index (χ3v) is 1.25. The first-order valence-electron chi connectivity index (χ1n) is 3.82. The van der Waals surface area contributed by atoms with Crippen molar-refractivity contribution in [1.82, 2.24) is 0 Å². The lowest BCUT2D eigenvalue weighted by Gasteiger charge is -2.10. The maximum Gasteiger partial charge on any atom is 0.331 e.